The summed E-state index contributed by atoms with van der Waals surface area (Å²) in [5.41, 5.74) is 0. The smallest absolute Gasteiger partial charge is 0.263 e. The molecule has 0 N–H and O–H groups in total. The van der Waals surface area contributed by atoms with Gasteiger partial charge in [-0.05, 0) is 34.9 Å². The summed E-state index contributed by atoms with van der Waals surface area (Å²) in [4.78, 5) is 0. The average Bonchev–Trinajstić information content (AvgIpc) is 2.48. The van der Waals surface area contributed by atoms with Gasteiger partial charge in [-0.1, -0.05) is 24.3 Å². The van der Waals surface area contributed by atoms with Crippen LogP contribution in [-0.4, -0.2) is 20.4 Å². The zero-order valence-electron chi connectivity index (χ0n) is 11.2. The third-order valence-corrected chi connectivity index (χ3v) is 5.00. The molecule has 0 spiro atoms. The molecule has 2 nitrogen and oxygen atoms in total. The summed E-state index contributed by atoms with van der Waals surface area (Å²) in [5, 5.41) is 1.25. The van der Waals surface area contributed by atoms with E-state index in [9.17, 15) is 8.78 Å². The molecule has 20 heavy (non-hydrogen) atoms. The van der Waals surface area contributed by atoms with Gasteiger partial charge in [0.1, 0.15) is 11.5 Å². The second kappa shape index (κ2) is 6.67. The molecule has 106 valence electrons. The van der Waals surface area contributed by atoms with Crippen LogP contribution in [0.3, 0.4) is 0 Å². The predicted octanol–water partition coefficient (Wildman–Crippen LogP) is 3.36. The molecule has 0 saturated heterocycles. The molecule has 0 atom stereocenters. The molecule has 0 amide bonds. The normalized spacial score (nSPS) is 10.9. The molecule has 0 aromatic heterocycles. The largest absolute Gasteiger partial charge is 0.497 e. The van der Waals surface area contributed by atoms with Gasteiger partial charge >= 0.3 is 0 Å². The van der Waals surface area contributed by atoms with Crippen LogP contribution in [0.5, 0.6) is 11.5 Å². The van der Waals surface area contributed by atoms with E-state index in [2.05, 4.69) is 0 Å². The topological polar surface area (TPSA) is 18.5 Å². The molecule has 2 rings (SSSR count). The maximum atomic E-state index is 13.4. The minimum Gasteiger partial charge on any atom is -0.497 e. The highest BCUT2D eigenvalue weighted by Crippen LogP contribution is 2.41. The molecule has 5 heteroatoms. The third kappa shape index (κ3) is 3.26. The second-order valence-corrected chi connectivity index (χ2v) is 6.21. The highest BCUT2D eigenvalue weighted by atomic mass is 31.1. The minimum absolute atomic E-state index is 0.626. The van der Waals surface area contributed by atoms with Crippen LogP contribution in [0.4, 0.5) is 8.78 Å². The Kier molecular flexibility index (Phi) is 4.91. The van der Waals surface area contributed by atoms with Crippen LogP contribution in [0, 0.1) is 0 Å². The summed E-state index contributed by atoms with van der Waals surface area (Å²) in [6, 6.07) is 13.6. The van der Waals surface area contributed by atoms with Crippen molar-refractivity contribution < 1.29 is 18.3 Å². The maximum Gasteiger partial charge on any atom is 0.263 e. The highest BCUT2D eigenvalue weighted by molar-refractivity contribution is 7.73. The zero-order valence-corrected chi connectivity index (χ0v) is 12.1. The number of methoxy groups -OCH3 is 2. The molecule has 0 fully saturated rings. The number of alkyl halides is 2. The molecule has 0 bridgehead atoms. The number of halogens is 2. The van der Waals surface area contributed by atoms with Crippen LogP contribution in [0.2, 0.25) is 0 Å². The van der Waals surface area contributed by atoms with E-state index in [1.807, 2.05) is 0 Å². The van der Waals surface area contributed by atoms with Gasteiger partial charge in [-0.15, -0.1) is 0 Å². The van der Waals surface area contributed by atoms with E-state index in [1.165, 1.54) is 0 Å². The molecule has 0 saturated carbocycles. The van der Waals surface area contributed by atoms with E-state index in [1.54, 1.807) is 62.8 Å². The summed E-state index contributed by atoms with van der Waals surface area (Å²) in [6.07, 6.45) is -2.41. The van der Waals surface area contributed by atoms with E-state index < -0.39 is 14.1 Å². The Morgan fingerprint density at radius 3 is 1.35 bits per heavy atom. The van der Waals surface area contributed by atoms with Gasteiger partial charge in [0.25, 0.3) is 6.17 Å². The van der Waals surface area contributed by atoms with Crippen molar-refractivity contribution in [1.29, 1.82) is 0 Å². The van der Waals surface area contributed by atoms with Crippen molar-refractivity contribution in [3.8, 4) is 11.5 Å². The van der Waals surface area contributed by atoms with Crippen molar-refractivity contribution in [3.05, 3.63) is 48.5 Å². The molecule has 0 unspecified atom stereocenters. The van der Waals surface area contributed by atoms with Crippen molar-refractivity contribution in [2.45, 2.75) is 6.17 Å². The Morgan fingerprint density at radius 1 is 0.750 bits per heavy atom. The van der Waals surface area contributed by atoms with E-state index in [-0.39, 0.29) is 0 Å². The van der Waals surface area contributed by atoms with E-state index in [4.69, 9.17) is 9.47 Å². The fraction of sp³-hybridized carbons (Fsp3) is 0.200. The summed E-state index contributed by atoms with van der Waals surface area (Å²) in [7, 11) is 1.41. The maximum absolute atomic E-state index is 13.4. The average molecular weight is 296 g/mol. The van der Waals surface area contributed by atoms with Gasteiger partial charge in [0.05, 0.1) is 14.2 Å². The lowest BCUT2D eigenvalue weighted by molar-refractivity contribution is 0.247. The van der Waals surface area contributed by atoms with Crippen LogP contribution < -0.4 is 20.1 Å². The van der Waals surface area contributed by atoms with Crippen LogP contribution in [0.1, 0.15) is 0 Å². The van der Waals surface area contributed by atoms with Crippen molar-refractivity contribution in [2.75, 3.05) is 14.2 Å². The Labute approximate surface area is 118 Å². The molecular weight excluding hydrogens is 281 g/mol. The SMILES string of the molecule is COc1ccc(P(c2ccc(OC)cc2)C(F)F)cc1. The van der Waals surface area contributed by atoms with Crippen molar-refractivity contribution in [3.63, 3.8) is 0 Å². The number of rotatable bonds is 5. The summed E-state index contributed by atoms with van der Waals surface area (Å²) >= 11 is 0. The summed E-state index contributed by atoms with van der Waals surface area (Å²) in [5.74, 6) is 1.32. The Morgan fingerprint density at radius 2 is 1.10 bits per heavy atom. The van der Waals surface area contributed by atoms with Crippen molar-refractivity contribution >= 4 is 18.5 Å². The van der Waals surface area contributed by atoms with Gasteiger partial charge in [0, 0.05) is 7.92 Å². The van der Waals surface area contributed by atoms with Crippen LogP contribution in [0.25, 0.3) is 0 Å². The highest BCUT2D eigenvalue weighted by Gasteiger charge is 2.24. The lowest BCUT2D eigenvalue weighted by Gasteiger charge is -2.18. The molecule has 2 aromatic carbocycles. The van der Waals surface area contributed by atoms with Gasteiger partial charge in [-0.2, -0.15) is 0 Å². The lowest BCUT2D eigenvalue weighted by atomic mass is 10.3. The Balaban J connectivity index is 2.33. The molecule has 0 heterocycles. The first-order valence-electron chi connectivity index (χ1n) is 6.01. The van der Waals surface area contributed by atoms with Crippen LogP contribution in [0.15, 0.2) is 48.5 Å². The number of hydrogen-bond donors (Lipinski definition) is 0. The molecule has 0 radical (unpaired) electrons. The van der Waals surface area contributed by atoms with Gasteiger partial charge in [-0.25, -0.2) is 8.78 Å². The first-order valence-corrected chi connectivity index (χ1v) is 7.42. The van der Waals surface area contributed by atoms with Crippen molar-refractivity contribution in [1.82, 2.24) is 0 Å². The zero-order chi connectivity index (χ0) is 14.5. The lowest BCUT2D eigenvalue weighted by Crippen LogP contribution is -2.16. The quantitative estimate of drug-likeness (QED) is 0.788. The molecule has 0 aliphatic heterocycles. The standard InChI is InChI=1S/C15H15F2O2P/c1-18-11-3-7-13(8-4-11)20(15(16)17)14-9-5-12(19-2)6-10-14/h3-10,15H,1-2H3. The summed E-state index contributed by atoms with van der Waals surface area (Å²) in [6.45, 7) is 0. The molecule has 0 aliphatic rings. The molecular formula is C15H15F2O2P. The van der Waals surface area contributed by atoms with Gasteiger partial charge in [-0.3, -0.25) is 0 Å². The Hall–Kier alpha value is -1.67. The second-order valence-electron chi connectivity index (χ2n) is 4.04. The first kappa shape index (κ1) is 14.7. The third-order valence-electron chi connectivity index (χ3n) is 2.90. The number of hydrogen-bond acceptors (Lipinski definition) is 2. The fourth-order valence-electron chi connectivity index (χ4n) is 1.86. The Bertz CT molecular complexity index is 493. The van der Waals surface area contributed by atoms with Gasteiger partial charge in [0.2, 0.25) is 0 Å². The van der Waals surface area contributed by atoms with E-state index in [0.29, 0.717) is 22.1 Å². The summed E-state index contributed by atoms with van der Waals surface area (Å²) < 4.78 is 36.9. The monoisotopic (exact) mass is 296 g/mol. The number of ether oxygens (including phenoxy) is 2. The molecule has 0 aliphatic carbocycles. The fourth-order valence-corrected chi connectivity index (χ4v) is 3.55. The van der Waals surface area contributed by atoms with E-state index >= 15 is 0 Å². The minimum atomic E-state index is -2.41. The van der Waals surface area contributed by atoms with Crippen LogP contribution in [-0.2, 0) is 0 Å². The predicted molar refractivity (Wildman–Crippen MR) is 78.2 cm³/mol. The van der Waals surface area contributed by atoms with E-state index in [0.717, 1.165) is 0 Å². The van der Waals surface area contributed by atoms with Gasteiger partial charge < -0.3 is 9.47 Å². The molecule has 2 aromatic rings. The van der Waals surface area contributed by atoms with Gasteiger partial charge in [0.15, 0.2) is 0 Å². The van der Waals surface area contributed by atoms with Crippen LogP contribution >= 0.6 is 7.92 Å². The number of benzene rings is 2. The first-order chi connectivity index (χ1) is 9.65. The van der Waals surface area contributed by atoms with Crippen molar-refractivity contribution in [2.24, 2.45) is 0 Å².